The van der Waals surface area contributed by atoms with Crippen LogP contribution < -0.4 is 10.1 Å². The Hall–Kier alpha value is -2.91. The number of para-hydroxylation sites is 1. The summed E-state index contributed by atoms with van der Waals surface area (Å²) >= 11 is 7.23. The highest BCUT2D eigenvalue weighted by atomic mass is 35.5. The molecule has 1 N–H and O–H groups in total. The molecule has 0 bridgehead atoms. The van der Waals surface area contributed by atoms with E-state index < -0.39 is 17.7 Å². The van der Waals surface area contributed by atoms with Crippen LogP contribution in [0, 0.1) is 11.6 Å². The molecule has 3 aromatic rings. The minimum atomic E-state index is -0.813. The van der Waals surface area contributed by atoms with Crippen LogP contribution in [0.5, 0.6) is 5.75 Å². The van der Waals surface area contributed by atoms with Gasteiger partial charge < -0.3 is 10.1 Å². The molecular formula is C21H19ClF2N4O2S. The Morgan fingerprint density at radius 3 is 2.81 bits per heavy atom. The number of amides is 1. The molecule has 2 aromatic carbocycles. The lowest BCUT2D eigenvalue weighted by molar-refractivity contribution is -0.113. The van der Waals surface area contributed by atoms with Crippen molar-refractivity contribution in [1.82, 2.24) is 14.8 Å². The largest absolute Gasteiger partial charge is 0.480 e. The van der Waals surface area contributed by atoms with E-state index in [1.165, 1.54) is 17.8 Å². The second kappa shape index (κ2) is 10.4. The van der Waals surface area contributed by atoms with Crippen molar-refractivity contribution in [3.05, 3.63) is 77.6 Å². The van der Waals surface area contributed by atoms with Crippen molar-refractivity contribution in [1.29, 1.82) is 0 Å². The number of rotatable bonds is 9. The number of carbonyl (C=O) groups excluding carboxylic acids is 1. The summed E-state index contributed by atoms with van der Waals surface area (Å²) in [5.41, 5.74) is 0.520. The van der Waals surface area contributed by atoms with Gasteiger partial charge >= 0.3 is 0 Å². The topological polar surface area (TPSA) is 69.0 Å². The van der Waals surface area contributed by atoms with Crippen molar-refractivity contribution in [3.63, 3.8) is 0 Å². The Kier molecular flexibility index (Phi) is 7.64. The molecule has 162 valence electrons. The lowest BCUT2D eigenvalue weighted by Gasteiger charge is -2.16. The first kappa shape index (κ1) is 22.8. The summed E-state index contributed by atoms with van der Waals surface area (Å²) in [6.07, 6.45) is 0.963. The fraction of sp³-hybridized carbons (Fsp3) is 0.190. The normalized spacial score (nSPS) is 11.7. The van der Waals surface area contributed by atoms with E-state index in [1.807, 2.05) is 0 Å². The molecule has 10 heteroatoms. The number of hydrogen-bond donors (Lipinski definition) is 1. The number of ether oxygens (including phenoxy) is 1. The van der Waals surface area contributed by atoms with Gasteiger partial charge in [-0.05, 0) is 31.2 Å². The van der Waals surface area contributed by atoms with Crippen LogP contribution in [0.15, 0.2) is 60.3 Å². The number of carbonyl (C=O) groups is 1. The van der Waals surface area contributed by atoms with Gasteiger partial charge in [0, 0.05) is 12.6 Å². The fourth-order valence-electron chi connectivity index (χ4n) is 2.70. The maximum Gasteiger partial charge on any atom is 0.234 e. The molecule has 3 rings (SSSR count). The number of aromatic nitrogens is 3. The number of nitrogens with one attached hydrogen (secondary N) is 1. The average molecular weight is 465 g/mol. The highest BCUT2D eigenvalue weighted by Crippen LogP contribution is 2.27. The second-order valence-electron chi connectivity index (χ2n) is 6.39. The number of allylic oxidation sites excluding steroid dienone is 1. The van der Waals surface area contributed by atoms with E-state index in [4.69, 9.17) is 16.3 Å². The standard InChI is InChI=1S/C21H19ClF2N4O2S/c1-3-10-28-20(13(2)30-18-9-8-14(23)11-16(18)24)26-27-21(28)31-12-19(29)25-17-7-5-4-6-15(17)22/h3-9,11,13H,1,10,12H2,2H3,(H,25,29). The SMILES string of the molecule is C=CCn1c(SCC(=O)Nc2ccccc2Cl)nnc1C(C)Oc1ccc(F)cc1F. The second-order valence-corrected chi connectivity index (χ2v) is 7.74. The molecule has 0 spiro atoms. The van der Waals surface area contributed by atoms with E-state index in [0.717, 1.165) is 12.1 Å². The molecule has 0 saturated carbocycles. The highest BCUT2D eigenvalue weighted by Gasteiger charge is 2.21. The van der Waals surface area contributed by atoms with E-state index in [9.17, 15) is 13.6 Å². The van der Waals surface area contributed by atoms with E-state index in [2.05, 4.69) is 22.1 Å². The Morgan fingerprint density at radius 1 is 1.32 bits per heavy atom. The van der Waals surface area contributed by atoms with Crippen LogP contribution >= 0.6 is 23.4 Å². The van der Waals surface area contributed by atoms with Crippen molar-refractivity contribution >= 4 is 35.0 Å². The molecule has 0 aliphatic heterocycles. The Balaban J connectivity index is 1.70. The van der Waals surface area contributed by atoms with Gasteiger partial charge in [-0.3, -0.25) is 9.36 Å². The minimum Gasteiger partial charge on any atom is -0.480 e. The summed E-state index contributed by atoms with van der Waals surface area (Å²) in [5, 5.41) is 11.9. The molecule has 0 saturated heterocycles. The van der Waals surface area contributed by atoms with Crippen LogP contribution in [0.3, 0.4) is 0 Å². The zero-order valence-corrected chi connectivity index (χ0v) is 18.1. The minimum absolute atomic E-state index is 0.0718. The highest BCUT2D eigenvalue weighted by molar-refractivity contribution is 7.99. The van der Waals surface area contributed by atoms with E-state index >= 15 is 0 Å². The lowest BCUT2D eigenvalue weighted by atomic mass is 10.3. The molecule has 0 aliphatic rings. The van der Waals surface area contributed by atoms with Gasteiger partial charge in [-0.15, -0.1) is 16.8 Å². The number of halogens is 3. The zero-order valence-electron chi connectivity index (χ0n) is 16.5. The van der Waals surface area contributed by atoms with Gasteiger partial charge in [0.05, 0.1) is 16.5 Å². The smallest absolute Gasteiger partial charge is 0.234 e. The van der Waals surface area contributed by atoms with Crippen molar-refractivity contribution in [3.8, 4) is 5.75 Å². The van der Waals surface area contributed by atoms with Crippen molar-refractivity contribution in [2.45, 2.75) is 24.7 Å². The maximum atomic E-state index is 13.9. The molecule has 1 amide bonds. The molecule has 0 fully saturated rings. The molecular weight excluding hydrogens is 446 g/mol. The number of anilines is 1. The molecule has 1 aromatic heterocycles. The first-order chi connectivity index (χ1) is 14.9. The van der Waals surface area contributed by atoms with Crippen LogP contribution in [-0.4, -0.2) is 26.4 Å². The molecule has 1 heterocycles. The average Bonchev–Trinajstić information content (AvgIpc) is 3.13. The fourth-order valence-corrected chi connectivity index (χ4v) is 3.64. The van der Waals surface area contributed by atoms with Gasteiger partial charge in [0.15, 0.2) is 28.7 Å². The van der Waals surface area contributed by atoms with Gasteiger partial charge in [0.2, 0.25) is 5.91 Å². The van der Waals surface area contributed by atoms with Crippen molar-refractivity contribution in [2.24, 2.45) is 0 Å². The van der Waals surface area contributed by atoms with E-state index in [0.29, 0.717) is 28.2 Å². The van der Waals surface area contributed by atoms with Gasteiger partial charge in [-0.25, -0.2) is 8.78 Å². The summed E-state index contributed by atoms with van der Waals surface area (Å²) in [4.78, 5) is 12.3. The van der Waals surface area contributed by atoms with E-state index in [-0.39, 0.29) is 17.4 Å². The number of hydrogen-bond acceptors (Lipinski definition) is 5. The van der Waals surface area contributed by atoms with Crippen LogP contribution in [0.25, 0.3) is 0 Å². The van der Waals surface area contributed by atoms with Gasteiger partial charge in [0.25, 0.3) is 0 Å². The Morgan fingerprint density at radius 2 is 2.10 bits per heavy atom. The predicted octanol–water partition coefficient (Wildman–Crippen LogP) is 5.27. The monoisotopic (exact) mass is 464 g/mol. The third-order valence-electron chi connectivity index (χ3n) is 4.10. The maximum absolute atomic E-state index is 13.9. The van der Waals surface area contributed by atoms with Crippen LogP contribution in [0.2, 0.25) is 5.02 Å². The quantitative estimate of drug-likeness (QED) is 0.345. The van der Waals surface area contributed by atoms with Gasteiger partial charge in [-0.1, -0.05) is 41.6 Å². The summed E-state index contributed by atoms with van der Waals surface area (Å²) in [5.74, 6) is -1.38. The van der Waals surface area contributed by atoms with Crippen LogP contribution in [0.1, 0.15) is 18.9 Å². The third-order valence-corrected chi connectivity index (χ3v) is 5.40. The number of nitrogens with zero attached hydrogens (tertiary/aromatic N) is 3. The third kappa shape index (κ3) is 5.83. The summed E-state index contributed by atoms with van der Waals surface area (Å²) in [6, 6.07) is 10.00. The first-order valence-electron chi connectivity index (χ1n) is 9.22. The van der Waals surface area contributed by atoms with Crippen molar-refractivity contribution < 1.29 is 18.3 Å². The Bertz CT molecular complexity index is 1090. The summed E-state index contributed by atoms with van der Waals surface area (Å²) in [6.45, 7) is 5.75. The molecule has 31 heavy (non-hydrogen) atoms. The molecule has 0 radical (unpaired) electrons. The predicted molar refractivity (Wildman–Crippen MR) is 116 cm³/mol. The molecule has 1 unspecified atom stereocenters. The molecule has 1 atom stereocenters. The zero-order chi connectivity index (χ0) is 22.4. The molecule has 6 nitrogen and oxygen atoms in total. The van der Waals surface area contributed by atoms with Crippen LogP contribution in [0.4, 0.5) is 14.5 Å². The van der Waals surface area contributed by atoms with Gasteiger partial charge in [-0.2, -0.15) is 0 Å². The number of thioether (sulfide) groups is 1. The summed E-state index contributed by atoms with van der Waals surface area (Å²) < 4.78 is 34.3. The first-order valence-corrected chi connectivity index (χ1v) is 10.6. The summed E-state index contributed by atoms with van der Waals surface area (Å²) in [7, 11) is 0. The Labute approximate surface area is 187 Å². The number of benzene rings is 2. The van der Waals surface area contributed by atoms with Crippen LogP contribution in [-0.2, 0) is 11.3 Å². The molecule has 0 aliphatic carbocycles. The lowest BCUT2D eigenvalue weighted by Crippen LogP contribution is -2.16. The van der Waals surface area contributed by atoms with Gasteiger partial charge in [0.1, 0.15) is 5.82 Å². The van der Waals surface area contributed by atoms with E-state index in [1.54, 1.807) is 41.8 Å². The van der Waals surface area contributed by atoms with Crippen molar-refractivity contribution in [2.75, 3.05) is 11.1 Å².